The van der Waals surface area contributed by atoms with Crippen molar-refractivity contribution in [2.75, 3.05) is 26.7 Å². The summed E-state index contributed by atoms with van der Waals surface area (Å²) in [5, 5.41) is 3.06. The van der Waals surface area contributed by atoms with Crippen molar-refractivity contribution in [3.63, 3.8) is 0 Å². The van der Waals surface area contributed by atoms with Gasteiger partial charge in [0.15, 0.2) is 0 Å². The van der Waals surface area contributed by atoms with Gasteiger partial charge < -0.3 is 10.1 Å². The van der Waals surface area contributed by atoms with Gasteiger partial charge in [-0.1, -0.05) is 0 Å². The molecule has 0 spiro atoms. The normalized spacial score (nSPS) is 12.2. The fourth-order valence-corrected chi connectivity index (χ4v) is 4.18. The Kier molecular flexibility index (Phi) is 8.43. The molecule has 0 aliphatic rings. The van der Waals surface area contributed by atoms with Gasteiger partial charge in [-0.25, -0.2) is 13.1 Å². The molecular weight excluding hydrogens is 308 g/mol. The molecule has 1 heterocycles. The van der Waals surface area contributed by atoms with Gasteiger partial charge in [0.25, 0.3) is 0 Å². The van der Waals surface area contributed by atoms with Crippen LogP contribution in [0.25, 0.3) is 0 Å². The van der Waals surface area contributed by atoms with E-state index in [-0.39, 0.29) is 6.10 Å². The van der Waals surface area contributed by atoms with Crippen LogP contribution < -0.4 is 10.0 Å². The summed E-state index contributed by atoms with van der Waals surface area (Å²) in [6.45, 7) is 5.96. The number of hydrogen-bond acceptors (Lipinski definition) is 5. The summed E-state index contributed by atoms with van der Waals surface area (Å²) in [6, 6.07) is 3.56. The third-order valence-electron chi connectivity index (χ3n) is 2.84. The number of ether oxygens (including phenoxy) is 1. The average molecular weight is 335 g/mol. The molecule has 0 unspecified atom stereocenters. The van der Waals surface area contributed by atoms with Crippen molar-refractivity contribution in [1.29, 1.82) is 0 Å². The predicted molar refractivity (Wildman–Crippen MR) is 87.5 cm³/mol. The molecule has 1 aromatic rings. The van der Waals surface area contributed by atoms with Crippen LogP contribution in [0.5, 0.6) is 0 Å². The first kappa shape index (κ1) is 18.6. The minimum absolute atomic E-state index is 0.226. The van der Waals surface area contributed by atoms with Crippen LogP contribution in [-0.2, 0) is 21.2 Å². The zero-order valence-corrected chi connectivity index (χ0v) is 14.6. The minimum Gasteiger partial charge on any atom is -0.379 e. The first-order valence-electron chi connectivity index (χ1n) is 7.30. The first-order valence-corrected chi connectivity index (χ1v) is 9.60. The maximum absolute atomic E-state index is 12.1. The van der Waals surface area contributed by atoms with Crippen LogP contribution in [0.15, 0.2) is 16.3 Å². The van der Waals surface area contributed by atoms with Gasteiger partial charge >= 0.3 is 0 Å². The van der Waals surface area contributed by atoms with E-state index in [1.165, 1.54) is 11.3 Å². The number of unbranched alkanes of at least 4 members (excludes halogenated alkanes) is 1. The largest absolute Gasteiger partial charge is 0.379 e. The Bertz CT molecular complexity index is 498. The van der Waals surface area contributed by atoms with E-state index in [2.05, 4.69) is 10.0 Å². The quantitative estimate of drug-likeness (QED) is 0.607. The van der Waals surface area contributed by atoms with E-state index in [1.807, 2.05) is 27.0 Å². The van der Waals surface area contributed by atoms with Crippen molar-refractivity contribution in [3.8, 4) is 0 Å². The van der Waals surface area contributed by atoms with E-state index >= 15 is 0 Å². The number of thiophene rings is 1. The molecule has 5 nitrogen and oxygen atoms in total. The first-order chi connectivity index (χ1) is 9.95. The molecule has 0 saturated carbocycles. The number of hydrogen-bond donors (Lipinski definition) is 2. The summed E-state index contributed by atoms with van der Waals surface area (Å²) in [7, 11) is -1.48. The summed E-state index contributed by atoms with van der Waals surface area (Å²) in [5.41, 5.74) is 0. The summed E-state index contributed by atoms with van der Waals surface area (Å²) in [5.74, 6) is 0. The Hall–Kier alpha value is -0.470. The van der Waals surface area contributed by atoms with E-state index in [4.69, 9.17) is 4.74 Å². The molecule has 0 aromatic carbocycles. The molecule has 0 aliphatic carbocycles. The van der Waals surface area contributed by atoms with Crippen LogP contribution in [0, 0.1) is 0 Å². The van der Waals surface area contributed by atoms with Crippen LogP contribution >= 0.6 is 11.3 Å². The summed E-state index contributed by atoms with van der Waals surface area (Å²) in [6.07, 6.45) is 2.72. The maximum atomic E-state index is 12.1. The third-order valence-corrected chi connectivity index (χ3v) is 5.94. The molecule has 21 heavy (non-hydrogen) atoms. The van der Waals surface area contributed by atoms with Gasteiger partial charge in [0.1, 0.15) is 4.21 Å². The summed E-state index contributed by atoms with van der Waals surface area (Å²) in [4.78, 5) is 1.08. The van der Waals surface area contributed by atoms with Gasteiger partial charge in [-0.05, 0) is 58.8 Å². The lowest BCUT2D eigenvalue weighted by molar-refractivity contribution is 0.0762. The van der Waals surface area contributed by atoms with Crippen molar-refractivity contribution < 1.29 is 13.2 Å². The van der Waals surface area contributed by atoms with Crippen LogP contribution in [0.4, 0.5) is 0 Å². The van der Waals surface area contributed by atoms with Crippen LogP contribution in [-0.4, -0.2) is 41.3 Å². The lowest BCUT2D eigenvalue weighted by Crippen LogP contribution is -2.24. The number of sulfonamides is 1. The molecule has 7 heteroatoms. The fourth-order valence-electron chi connectivity index (χ4n) is 1.71. The average Bonchev–Trinajstić information content (AvgIpc) is 2.89. The molecule has 1 rings (SSSR count). The van der Waals surface area contributed by atoms with Gasteiger partial charge in [0, 0.05) is 18.0 Å². The van der Waals surface area contributed by atoms with Gasteiger partial charge in [0.05, 0.1) is 6.10 Å². The van der Waals surface area contributed by atoms with E-state index in [9.17, 15) is 8.42 Å². The molecule has 0 fully saturated rings. The van der Waals surface area contributed by atoms with Crippen molar-refractivity contribution >= 4 is 21.4 Å². The van der Waals surface area contributed by atoms with E-state index < -0.39 is 10.0 Å². The number of likely N-dealkylation sites (N-methyl/N-ethyl adjacent to an activating group) is 1. The van der Waals surface area contributed by atoms with E-state index in [0.29, 0.717) is 17.4 Å². The highest BCUT2D eigenvalue weighted by Gasteiger charge is 2.15. The predicted octanol–water partition coefficient (Wildman–Crippen LogP) is 1.99. The van der Waals surface area contributed by atoms with Crippen molar-refractivity contribution in [1.82, 2.24) is 10.0 Å². The molecular formula is C14H26N2O3S2. The summed E-state index contributed by atoms with van der Waals surface area (Å²) < 4.78 is 32.7. The Morgan fingerprint density at radius 3 is 2.67 bits per heavy atom. The van der Waals surface area contributed by atoms with Crippen molar-refractivity contribution in [2.45, 2.75) is 43.4 Å². The molecule has 1 aromatic heterocycles. The van der Waals surface area contributed by atoms with Gasteiger partial charge in [0.2, 0.25) is 10.0 Å². The Balaban J connectivity index is 2.34. The molecule has 0 radical (unpaired) electrons. The molecule has 0 atom stereocenters. The zero-order chi connectivity index (χ0) is 15.7. The third kappa shape index (κ3) is 7.37. The van der Waals surface area contributed by atoms with Crippen molar-refractivity contribution in [3.05, 3.63) is 17.0 Å². The van der Waals surface area contributed by atoms with Gasteiger partial charge in [-0.2, -0.15) is 0 Å². The van der Waals surface area contributed by atoms with Gasteiger partial charge in [-0.3, -0.25) is 0 Å². The molecule has 2 N–H and O–H groups in total. The Morgan fingerprint density at radius 1 is 1.24 bits per heavy atom. The highest BCUT2D eigenvalue weighted by molar-refractivity contribution is 7.91. The van der Waals surface area contributed by atoms with E-state index in [1.54, 1.807) is 6.07 Å². The highest BCUT2D eigenvalue weighted by atomic mass is 32.2. The SMILES string of the molecule is CNCCc1ccc(S(=O)(=O)NCCCCOC(C)C)s1. The van der Waals surface area contributed by atoms with Crippen LogP contribution in [0.2, 0.25) is 0 Å². The standard InChI is InChI=1S/C14H26N2O3S2/c1-12(2)19-11-5-4-9-16-21(17,18)14-7-6-13(20-14)8-10-15-3/h6-7,12,15-16H,4-5,8-11H2,1-3H3. The summed E-state index contributed by atoms with van der Waals surface area (Å²) >= 11 is 1.34. The Morgan fingerprint density at radius 2 is 2.00 bits per heavy atom. The monoisotopic (exact) mass is 334 g/mol. The second-order valence-electron chi connectivity index (χ2n) is 5.10. The number of nitrogens with one attached hydrogen (secondary N) is 2. The van der Waals surface area contributed by atoms with Crippen LogP contribution in [0.1, 0.15) is 31.6 Å². The fraction of sp³-hybridized carbons (Fsp3) is 0.714. The van der Waals surface area contributed by atoms with Gasteiger partial charge in [-0.15, -0.1) is 11.3 Å². The van der Waals surface area contributed by atoms with Crippen molar-refractivity contribution in [2.24, 2.45) is 0 Å². The van der Waals surface area contributed by atoms with E-state index in [0.717, 1.165) is 30.7 Å². The maximum Gasteiger partial charge on any atom is 0.250 e. The second kappa shape index (κ2) is 9.53. The second-order valence-corrected chi connectivity index (χ2v) is 8.26. The molecule has 0 saturated heterocycles. The number of rotatable bonds is 11. The zero-order valence-electron chi connectivity index (χ0n) is 13.0. The smallest absolute Gasteiger partial charge is 0.250 e. The topological polar surface area (TPSA) is 67.4 Å². The molecule has 0 aliphatic heterocycles. The molecule has 122 valence electrons. The van der Waals surface area contributed by atoms with Crippen LogP contribution in [0.3, 0.4) is 0 Å². The lowest BCUT2D eigenvalue weighted by Gasteiger charge is -2.07. The lowest BCUT2D eigenvalue weighted by atomic mass is 10.3. The minimum atomic E-state index is -3.36. The molecule has 0 bridgehead atoms. The highest BCUT2D eigenvalue weighted by Crippen LogP contribution is 2.21. The Labute approximate surface area is 132 Å². The molecule has 0 amide bonds.